The molecule has 0 spiro atoms. The second-order valence-electron chi connectivity index (χ2n) is 24.4. The molecule has 0 radical (unpaired) electrons. The summed E-state index contributed by atoms with van der Waals surface area (Å²) < 4.78 is 89.1. The number of rotatable bonds is 28. The van der Waals surface area contributed by atoms with Gasteiger partial charge in [-0.1, -0.05) is 0 Å². The quantitative estimate of drug-likeness (QED) is 0.0324. The van der Waals surface area contributed by atoms with Crippen molar-refractivity contribution < 1.29 is 138 Å². The molecule has 0 aromatic carbocycles. The molecule has 21 heterocycles. The SMILES string of the molecule is NCCSC[C@H]1O[C@H]2O[C@H]3[C@H](O)[C@@H](O)[C@H](O[C@H]4[C@H](O)[C@@H](O)[C@H](O[C@H]5[C@H](O)[C@@H](O)[C@H](O[C@H]6[C@H](O)[C@@H](O)[C@H](O[C@H]7[C@H](O)[C@@H](O)[C@H](O[C@H]8[C@H](O)[C@@H](O)[C@H](O[C@H]1[C@H](O)[C@H]2O)O[C@@H]8CSCCN)O[C@@H]7CSCCN)O[C@@H]6CSCCN)O[C@@H]5CSCCN)O[C@@H]4CSCCN)O[C@@H]3CSCCN. The zero-order chi connectivity index (χ0) is 70.9. The van der Waals surface area contributed by atoms with E-state index in [1.165, 1.54) is 82.3 Å². The standard InChI is InChI=1S/C56H105N7O28S7/c57-1-8-92-15-22-43-29(64)36(71)50(78-22)86-44-23(16-93-9-2-58)80-52(38(73)31(44)66)88-46-25(18-95-11-4-60)82-54(40(75)33(46)68)90-48-27(20-97-13-6-62)84-56(42(77)35(48)70)91-49-28(21-98-14-7-63)83-55(41(76)34(49)69)89-47-26(19-96-12-5-61)81-53(39(74)32(47)67)87-45-24(17-94-10-3-59)79-51(85-43)37(72)30(45)65/h22-56,64-77H,1-21,57-63H2/t22-,23-,24-,25-,26-,27-,28-,29-,30-,31-,32-,33-,34-,35-,36-,37-,38-,39-,40-,41-,42-,43-,44-,45-,46-,47-,48-,49-,50+,51+,52+,53+,54+,55+,56+/m1/s1. The molecule has 21 fully saturated rings. The van der Waals surface area contributed by atoms with Gasteiger partial charge in [0.25, 0.3) is 0 Å². The molecular weight excluding hydrogens is 1440 g/mol. The van der Waals surface area contributed by atoms with E-state index in [2.05, 4.69) is 0 Å². The predicted octanol–water partition coefficient (Wildman–Crippen LogP) is -10.3. The Hall–Kier alpha value is 1.05. The van der Waals surface area contributed by atoms with Crippen molar-refractivity contribution in [2.24, 2.45) is 40.1 Å². The Bertz CT molecular complexity index is 1850. The van der Waals surface area contributed by atoms with Crippen LogP contribution in [0.2, 0.25) is 0 Å². The molecule has 28 N–H and O–H groups in total. The van der Waals surface area contributed by atoms with E-state index >= 15 is 0 Å². The average Bonchev–Trinajstić information content (AvgIpc) is 0.779. The Morgan fingerprint density at radius 1 is 0.173 bits per heavy atom. The largest absolute Gasteiger partial charge is 0.387 e. The van der Waals surface area contributed by atoms with E-state index < -0.39 is 215 Å². The van der Waals surface area contributed by atoms with Crippen molar-refractivity contribution in [2.75, 3.05) is 126 Å². The molecule has 0 aromatic rings. The van der Waals surface area contributed by atoms with E-state index in [1.54, 1.807) is 0 Å². The summed E-state index contributed by atoms with van der Waals surface area (Å²) in [4.78, 5) is 0. The summed E-state index contributed by atoms with van der Waals surface area (Å²) in [6.07, 6.45) is -59.8. The van der Waals surface area contributed by atoms with Gasteiger partial charge < -0.3 is 178 Å². The van der Waals surface area contributed by atoms with Crippen molar-refractivity contribution in [3.8, 4) is 0 Å². The first-order chi connectivity index (χ1) is 47.2. The zero-order valence-electron chi connectivity index (χ0n) is 53.9. The third kappa shape index (κ3) is 21.5. The monoisotopic (exact) mass is 1550 g/mol. The first-order valence-corrected chi connectivity index (χ1v) is 40.9. The van der Waals surface area contributed by atoms with Crippen LogP contribution in [-0.2, 0) is 66.3 Å². The topological polar surface area (TPSA) is 595 Å². The summed E-state index contributed by atoms with van der Waals surface area (Å²) in [5.41, 5.74) is 41.2. The fourth-order valence-electron chi connectivity index (χ4n) is 12.3. The number of hydrogen-bond acceptors (Lipinski definition) is 42. The molecule has 98 heavy (non-hydrogen) atoms. The Balaban J connectivity index is 1.17. The summed E-state index contributed by atoms with van der Waals surface area (Å²) >= 11 is 8.83. The first kappa shape index (κ1) is 84.7. The van der Waals surface area contributed by atoms with E-state index in [1.807, 2.05) is 0 Å². The van der Waals surface area contributed by atoms with Crippen LogP contribution >= 0.6 is 82.3 Å². The van der Waals surface area contributed by atoms with E-state index in [0.717, 1.165) is 0 Å². The van der Waals surface area contributed by atoms with Gasteiger partial charge in [0.2, 0.25) is 0 Å². The number of hydrogen-bond donors (Lipinski definition) is 21. The van der Waals surface area contributed by atoms with Gasteiger partial charge in [0.15, 0.2) is 44.0 Å². The van der Waals surface area contributed by atoms with Crippen molar-refractivity contribution in [3.63, 3.8) is 0 Å². The fourth-order valence-corrected chi connectivity index (χ4v) is 18.1. The Kier molecular flexibility index (Phi) is 36.4. The van der Waals surface area contributed by atoms with Crippen LogP contribution in [0, 0.1) is 0 Å². The lowest BCUT2D eigenvalue weighted by Gasteiger charge is -2.50. The molecule has 21 aliphatic rings. The first-order valence-electron chi connectivity index (χ1n) is 32.8. The van der Waals surface area contributed by atoms with Gasteiger partial charge in [-0.2, -0.15) is 82.3 Å². The average molecular weight is 1550 g/mol. The molecule has 574 valence electrons. The van der Waals surface area contributed by atoms with Crippen LogP contribution in [0.3, 0.4) is 0 Å². The highest BCUT2D eigenvalue weighted by atomic mass is 32.2. The van der Waals surface area contributed by atoms with E-state index in [0.29, 0.717) is 40.3 Å². The molecule has 0 aromatic heterocycles. The molecule has 0 unspecified atom stereocenters. The van der Waals surface area contributed by atoms with Crippen molar-refractivity contribution in [3.05, 3.63) is 0 Å². The van der Waals surface area contributed by atoms with Crippen molar-refractivity contribution >= 4 is 82.3 Å². The second-order valence-corrected chi connectivity index (χ2v) is 32.5. The van der Waals surface area contributed by atoms with Crippen LogP contribution in [0.25, 0.3) is 0 Å². The van der Waals surface area contributed by atoms with E-state index in [4.69, 9.17) is 106 Å². The molecule has 0 aliphatic carbocycles. The van der Waals surface area contributed by atoms with Crippen LogP contribution in [0.1, 0.15) is 0 Å². The van der Waals surface area contributed by atoms with Crippen molar-refractivity contribution in [2.45, 2.75) is 215 Å². The van der Waals surface area contributed by atoms with Crippen LogP contribution in [0.4, 0.5) is 0 Å². The smallest absolute Gasteiger partial charge is 0.187 e. The minimum atomic E-state index is -2.01. The maximum Gasteiger partial charge on any atom is 0.187 e. The van der Waals surface area contributed by atoms with Crippen LogP contribution in [-0.4, -0.2) is 413 Å². The molecule has 21 saturated heterocycles. The predicted molar refractivity (Wildman–Crippen MR) is 363 cm³/mol. The third-order valence-corrected chi connectivity index (χ3v) is 25.0. The molecule has 0 saturated carbocycles. The van der Waals surface area contributed by atoms with Gasteiger partial charge in [0.05, 0.1) is 42.7 Å². The lowest BCUT2D eigenvalue weighted by molar-refractivity contribution is -0.389. The van der Waals surface area contributed by atoms with Gasteiger partial charge in [-0.05, 0) is 0 Å². The maximum absolute atomic E-state index is 12.1. The Morgan fingerprint density at radius 2 is 0.286 bits per heavy atom. The summed E-state index contributed by atoms with van der Waals surface area (Å²) in [5, 5.41) is 169. The van der Waals surface area contributed by atoms with Gasteiger partial charge in [0.1, 0.15) is 128 Å². The lowest BCUT2D eigenvalue weighted by Crippen LogP contribution is -2.68. The third-order valence-electron chi connectivity index (χ3n) is 17.3. The highest BCUT2D eigenvalue weighted by Crippen LogP contribution is 2.41. The molecule has 35 atom stereocenters. The lowest BCUT2D eigenvalue weighted by atomic mass is 9.95. The molecule has 42 heteroatoms. The molecule has 21 rings (SSSR count). The zero-order valence-corrected chi connectivity index (χ0v) is 59.6. The normalized spacial score (nSPS) is 46.1. The van der Waals surface area contributed by atoms with Gasteiger partial charge in [-0.3, -0.25) is 0 Å². The number of nitrogens with two attached hydrogens (primary N) is 7. The summed E-state index contributed by atoms with van der Waals surface area (Å²) in [7, 11) is 0. The van der Waals surface area contributed by atoms with Crippen LogP contribution in [0.15, 0.2) is 0 Å². The Labute approximate surface area is 598 Å². The summed E-state index contributed by atoms with van der Waals surface area (Å²) in [5.74, 6) is 2.57. The van der Waals surface area contributed by atoms with Gasteiger partial charge >= 0.3 is 0 Å². The number of aliphatic hydroxyl groups excluding tert-OH is 14. The molecular formula is C56H105N7O28S7. The van der Waals surface area contributed by atoms with Crippen LogP contribution in [0.5, 0.6) is 0 Å². The van der Waals surface area contributed by atoms with Crippen LogP contribution < -0.4 is 40.1 Å². The number of aliphatic hydroxyl groups is 14. The summed E-state index contributed by atoms with van der Waals surface area (Å²) in [6, 6.07) is 0. The van der Waals surface area contributed by atoms with Crippen molar-refractivity contribution in [1.29, 1.82) is 0 Å². The maximum atomic E-state index is 12.1. The minimum Gasteiger partial charge on any atom is -0.387 e. The second kappa shape index (κ2) is 42.1. The molecule has 0 amide bonds. The highest BCUT2D eigenvalue weighted by molar-refractivity contribution is 8.00. The molecule has 21 aliphatic heterocycles. The van der Waals surface area contributed by atoms with Gasteiger partial charge in [-0.25, -0.2) is 0 Å². The minimum absolute atomic E-state index is 0.00103. The number of thioether (sulfide) groups is 7. The van der Waals surface area contributed by atoms with Crippen molar-refractivity contribution in [1.82, 2.24) is 0 Å². The summed E-state index contributed by atoms with van der Waals surface area (Å²) in [6.45, 7) is 1.46. The van der Waals surface area contributed by atoms with E-state index in [-0.39, 0.29) is 86.1 Å². The van der Waals surface area contributed by atoms with Gasteiger partial charge in [0, 0.05) is 126 Å². The Morgan fingerprint density at radius 3 is 0.388 bits per heavy atom. The molecule has 35 nitrogen and oxygen atoms in total. The fraction of sp³-hybridized carbons (Fsp3) is 1.00. The van der Waals surface area contributed by atoms with Gasteiger partial charge in [-0.15, -0.1) is 0 Å². The number of ether oxygens (including phenoxy) is 14. The van der Waals surface area contributed by atoms with E-state index in [9.17, 15) is 71.5 Å². The highest BCUT2D eigenvalue weighted by Gasteiger charge is 2.60. The molecule has 14 bridgehead atoms.